The standard InChI is InChI=1S/C19H20Cl2N2O2.ClH/c20-17-7-6-15(8-18(17)21)25-12-19(24)23-10-14(9-22)16(11-23)13-4-2-1-3-5-13;/h1-8,14,16H,9-12,22H2;1H/t14-,16+;/m1./s1. The predicted octanol–water partition coefficient (Wildman–Crippen LogP) is 3.99. The molecule has 2 aromatic rings. The highest BCUT2D eigenvalue weighted by atomic mass is 35.5. The molecule has 0 aromatic heterocycles. The minimum atomic E-state index is -0.0528. The average molecular weight is 416 g/mol. The van der Waals surface area contributed by atoms with Gasteiger partial charge in [-0.3, -0.25) is 4.79 Å². The molecule has 7 heteroatoms. The zero-order chi connectivity index (χ0) is 17.8. The maximum absolute atomic E-state index is 12.5. The van der Waals surface area contributed by atoms with E-state index in [2.05, 4.69) is 12.1 Å². The van der Waals surface area contributed by atoms with Gasteiger partial charge in [-0.25, -0.2) is 0 Å². The highest BCUT2D eigenvalue weighted by molar-refractivity contribution is 6.42. The first-order valence-corrected chi connectivity index (χ1v) is 8.94. The molecule has 2 aromatic carbocycles. The summed E-state index contributed by atoms with van der Waals surface area (Å²) >= 11 is 11.8. The molecule has 1 aliphatic heterocycles. The fraction of sp³-hybridized carbons (Fsp3) is 0.316. The second-order valence-corrected chi connectivity index (χ2v) is 6.99. The highest BCUT2D eigenvalue weighted by Crippen LogP contribution is 2.32. The van der Waals surface area contributed by atoms with Crippen molar-refractivity contribution < 1.29 is 9.53 Å². The number of nitrogens with zero attached hydrogens (tertiary/aromatic N) is 1. The fourth-order valence-electron chi connectivity index (χ4n) is 3.19. The first kappa shape index (κ1) is 20.8. The molecule has 26 heavy (non-hydrogen) atoms. The van der Waals surface area contributed by atoms with Gasteiger partial charge in [-0.15, -0.1) is 12.4 Å². The first-order valence-electron chi connectivity index (χ1n) is 8.19. The van der Waals surface area contributed by atoms with Crippen LogP contribution in [0, 0.1) is 5.92 Å². The van der Waals surface area contributed by atoms with Gasteiger partial charge in [0.05, 0.1) is 10.0 Å². The number of carbonyl (C=O) groups is 1. The molecule has 0 radical (unpaired) electrons. The summed E-state index contributed by atoms with van der Waals surface area (Å²) in [5.74, 6) is 0.997. The number of rotatable bonds is 5. The Morgan fingerprint density at radius 3 is 2.50 bits per heavy atom. The van der Waals surface area contributed by atoms with Crippen LogP contribution in [0.15, 0.2) is 48.5 Å². The predicted molar refractivity (Wildman–Crippen MR) is 108 cm³/mol. The Bertz CT molecular complexity index is 743. The maximum atomic E-state index is 12.5. The van der Waals surface area contributed by atoms with E-state index in [-0.39, 0.29) is 36.8 Å². The molecule has 1 aliphatic rings. The zero-order valence-corrected chi connectivity index (χ0v) is 16.4. The smallest absolute Gasteiger partial charge is 0.260 e. The van der Waals surface area contributed by atoms with Gasteiger partial charge in [0.25, 0.3) is 5.91 Å². The lowest BCUT2D eigenvalue weighted by Gasteiger charge is -2.17. The Morgan fingerprint density at radius 2 is 1.85 bits per heavy atom. The molecule has 1 saturated heterocycles. The molecular weight excluding hydrogens is 395 g/mol. The normalized spacial score (nSPS) is 19.1. The number of amides is 1. The number of hydrogen-bond donors (Lipinski definition) is 1. The third-order valence-electron chi connectivity index (χ3n) is 4.58. The van der Waals surface area contributed by atoms with Crippen molar-refractivity contribution >= 4 is 41.5 Å². The number of nitrogens with two attached hydrogens (primary N) is 1. The summed E-state index contributed by atoms with van der Waals surface area (Å²) in [5.41, 5.74) is 7.14. The number of halogens is 3. The van der Waals surface area contributed by atoms with Gasteiger partial charge >= 0.3 is 0 Å². The van der Waals surface area contributed by atoms with Crippen molar-refractivity contribution in [3.8, 4) is 5.75 Å². The van der Waals surface area contributed by atoms with E-state index < -0.39 is 0 Å². The summed E-state index contributed by atoms with van der Waals surface area (Å²) < 4.78 is 5.56. The van der Waals surface area contributed by atoms with E-state index >= 15 is 0 Å². The SMILES string of the molecule is Cl.NC[C@@H]1CN(C(=O)COc2ccc(Cl)c(Cl)c2)C[C@H]1c1ccccc1. The molecule has 2 atom stereocenters. The molecule has 4 nitrogen and oxygen atoms in total. The summed E-state index contributed by atoms with van der Waals surface area (Å²) in [7, 11) is 0. The lowest BCUT2D eigenvalue weighted by atomic mass is 9.89. The van der Waals surface area contributed by atoms with Gasteiger partial charge in [-0.1, -0.05) is 53.5 Å². The topological polar surface area (TPSA) is 55.6 Å². The van der Waals surface area contributed by atoms with Crippen LogP contribution in [0.25, 0.3) is 0 Å². The largest absolute Gasteiger partial charge is 0.484 e. The van der Waals surface area contributed by atoms with Crippen LogP contribution < -0.4 is 10.5 Å². The van der Waals surface area contributed by atoms with Crippen LogP contribution in [-0.4, -0.2) is 37.0 Å². The first-order chi connectivity index (χ1) is 12.1. The Balaban J connectivity index is 0.00000243. The Labute approximate surface area is 169 Å². The maximum Gasteiger partial charge on any atom is 0.260 e. The van der Waals surface area contributed by atoms with Crippen molar-refractivity contribution in [2.75, 3.05) is 26.2 Å². The molecule has 140 valence electrons. The van der Waals surface area contributed by atoms with Crippen molar-refractivity contribution in [2.24, 2.45) is 11.7 Å². The lowest BCUT2D eigenvalue weighted by Crippen LogP contribution is -2.33. The van der Waals surface area contributed by atoms with Gasteiger partial charge in [0, 0.05) is 25.1 Å². The number of ether oxygens (including phenoxy) is 1. The summed E-state index contributed by atoms with van der Waals surface area (Å²) in [6.45, 7) is 1.84. The zero-order valence-electron chi connectivity index (χ0n) is 14.1. The van der Waals surface area contributed by atoms with Crippen LogP contribution in [0.2, 0.25) is 10.0 Å². The Kier molecular flexibility index (Phi) is 7.59. The molecule has 1 amide bonds. The van der Waals surface area contributed by atoms with Crippen LogP contribution >= 0.6 is 35.6 Å². The van der Waals surface area contributed by atoms with Gasteiger partial charge in [-0.2, -0.15) is 0 Å². The average Bonchev–Trinajstić information content (AvgIpc) is 3.08. The molecular formula is C19H21Cl3N2O2. The lowest BCUT2D eigenvalue weighted by molar-refractivity contribution is -0.132. The van der Waals surface area contributed by atoms with Crippen LogP contribution in [0.3, 0.4) is 0 Å². The van der Waals surface area contributed by atoms with Gasteiger partial charge in [0.2, 0.25) is 0 Å². The molecule has 0 bridgehead atoms. The Morgan fingerprint density at radius 1 is 1.12 bits per heavy atom. The second kappa shape index (κ2) is 9.47. The Hall–Kier alpha value is -1.46. The van der Waals surface area contributed by atoms with Gasteiger partial charge < -0.3 is 15.4 Å². The number of hydrogen-bond acceptors (Lipinski definition) is 3. The minimum Gasteiger partial charge on any atom is -0.484 e. The van der Waals surface area contributed by atoms with E-state index in [1.807, 2.05) is 23.1 Å². The van der Waals surface area contributed by atoms with E-state index in [4.69, 9.17) is 33.7 Å². The van der Waals surface area contributed by atoms with Crippen LogP contribution in [0.5, 0.6) is 5.75 Å². The molecule has 0 aliphatic carbocycles. The van der Waals surface area contributed by atoms with Gasteiger partial charge in [-0.05, 0) is 30.2 Å². The second-order valence-electron chi connectivity index (χ2n) is 6.18. The number of likely N-dealkylation sites (tertiary alicyclic amines) is 1. The van der Waals surface area contributed by atoms with Crippen LogP contribution in [-0.2, 0) is 4.79 Å². The molecule has 0 saturated carbocycles. The number of carbonyl (C=O) groups excluding carboxylic acids is 1. The minimum absolute atomic E-state index is 0. The van der Waals surface area contributed by atoms with Crippen molar-refractivity contribution in [1.29, 1.82) is 0 Å². The summed E-state index contributed by atoms with van der Waals surface area (Å²) in [6.07, 6.45) is 0. The molecule has 0 unspecified atom stereocenters. The molecule has 1 heterocycles. The van der Waals surface area contributed by atoms with E-state index in [1.165, 1.54) is 5.56 Å². The van der Waals surface area contributed by atoms with Crippen LogP contribution in [0.1, 0.15) is 11.5 Å². The molecule has 2 N–H and O–H groups in total. The number of benzene rings is 2. The fourth-order valence-corrected chi connectivity index (χ4v) is 3.48. The molecule has 1 fully saturated rings. The summed E-state index contributed by atoms with van der Waals surface area (Å²) in [6, 6.07) is 15.2. The summed E-state index contributed by atoms with van der Waals surface area (Å²) in [4.78, 5) is 14.3. The van der Waals surface area contributed by atoms with Gasteiger partial charge in [0.15, 0.2) is 6.61 Å². The third-order valence-corrected chi connectivity index (χ3v) is 5.32. The van der Waals surface area contributed by atoms with Crippen LogP contribution in [0.4, 0.5) is 0 Å². The van der Waals surface area contributed by atoms with Crippen molar-refractivity contribution in [3.63, 3.8) is 0 Å². The summed E-state index contributed by atoms with van der Waals surface area (Å²) in [5, 5.41) is 0.858. The van der Waals surface area contributed by atoms with E-state index in [0.717, 1.165) is 0 Å². The highest BCUT2D eigenvalue weighted by Gasteiger charge is 2.35. The quantitative estimate of drug-likeness (QED) is 0.803. The van der Waals surface area contributed by atoms with E-state index in [9.17, 15) is 4.79 Å². The van der Waals surface area contributed by atoms with E-state index in [1.54, 1.807) is 18.2 Å². The van der Waals surface area contributed by atoms with Crippen molar-refractivity contribution in [1.82, 2.24) is 4.90 Å². The molecule has 0 spiro atoms. The van der Waals surface area contributed by atoms with Crippen molar-refractivity contribution in [2.45, 2.75) is 5.92 Å². The molecule has 3 rings (SSSR count). The van der Waals surface area contributed by atoms with Crippen molar-refractivity contribution in [3.05, 3.63) is 64.1 Å². The monoisotopic (exact) mass is 414 g/mol. The van der Waals surface area contributed by atoms with Gasteiger partial charge in [0.1, 0.15) is 5.75 Å². The third kappa shape index (κ3) is 4.83. The van der Waals surface area contributed by atoms with E-state index in [0.29, 0.717) is 35.4 Å².